The van der Waals surface area contributed by atoms with Crippen molar-refractivity contribution < 1.29 is 13.2 Å². The Morgan fingerprint density at radius 3 is 2.43 bits per heavy atom. The van der Waals surface area contributed by atoms with Crippen molar-refractivity contribution >= 4 is 15.9 Å². The third kappa shape index (κ3) is 2.82. The molecule has 2 heterocycles. The lowest BCUT2D eigenvalue weighted by molar-refractivity contribution is -0.128. The summed E-state index contributed by atoms with van der Waals surface area (Å²) in [5.41, 5.74) is 0.810. The first-order chi connectivity index (χ1) is 9.90. The lowest BCUT2D eigenvalue weighted by Gasteiger charge is -2.46. The second-order valence-electron chi connectivity index (χ2n) is 6.20. The molecule has 0 atom stereocenters. The third-order valence-corrected chi connectivity index (χ3v) is 6.24. The van der Waals surface area contributed by atoms with E-state index in [0.717, 1.165) is 18.5 Å². The first-order valence-corrected chi connectivity index (χ1v) is 8.78. The van der Waals surface area contributed by atoms with Gasteiger partial charge < -0.3 is 4.90 Å². The van der Waals surface area contributed by atoms with Gasteiger partial charge >= 0.3 is 0 Å². The fourth-order valence-electron chi connectivity index (χ4n) is 3.24. The zero-order valence-electron chi connectivity index (χ0n) is 12.2. The van der Waals surface area contributed by atoms with E-state index in [0.29, 0.717) is 19.6 Å². The summed E-state index contributed by atoms with van der Waals surface area (Å²) in [5, 5.41) is 0. The van der Waals surface area contributed by atoms with Gasteiger partial charge in [-0.25, -0.2) is 12.7 Å². The maximum atomic E-state index is 12.4. The van der Waals surface area contributed by atoms with Crippen molar-refractivity contribution in [2.75, 3.05) is 26.2 Å². The summed E-state index contributed by atoms with van der Waals surface area (Å²) < 4.78 is 26.3. The van der Waals surface area contributed by atoms with E-state index >= 15 is 0 Å². The number of amides is 1. The first kappa shape index (κ1) is 14.5. The molecule has 114 valence electrons. The zero-order chi connectivity index (χ0) is 15.1. The fraction of sp³-hybridized carbons (Fsp3) is 0.533. The van der Waals surface area contributed by atoms with Crippen molar-refractivity contribution in [1.82, 2.24) is 9.21 Å². The van der Waals surface area contributed by atoms with Gasteiger partial charge in [-0.3, -0.25) is 4.79 Å². The van der Waals surface area contributed by atoms with E-state index in [-0.39, 0.29) is 17.1 Å². The third-order valence-electron chi connectivity index (χ3n) is 4.49. The number of rotatable bonds is 3. The Morgan fingerprint density at radius 1 is 1.19 bits per heavy atom. The summed E-state index contributed by atoms with van der Waals surface area (Å²) in [6.07, 6.45) is 0.907. The number of hydrogen-bond donors (Lipinski definition) is 0. The van der Waals surface area contributed by atoms with Crippen molar-refractivity contribution in [3.63, 3.8) is 0 Å². The number of likely N-dealkylation sites (tertiary alicyclic amines) is 1. The molecule has 2 saturated heterocycles. The summed E-state index contributed by atoms with van der Waals surface area (Å²) in [6, 6.07) is 9.25. The number of benzene rings is 1. The van der Waals surface area contributed by atoms with Crippen molar-refractivity contribution in [3.8, 4) is 0 Å². The highest BCUT2D eigenvalue weighted by molar-refractivity contribution is 7.88. The molecule has 2 aliphatic rings. The van der Waals surface area contributed by atoms with E-state index < -0.39 is 10.0 Å². The van der Waals surface area contributed by atoms with Crippen LogP contribution < -0.4 is 0 Å². The Labute approximate surface area is 125 Å². The van der Waals surface area contributed by atoms with Crippen LogP contribution in [0.3, 0.4) is 0 Å². The number of nitrogens with zero attached hydrogens (tertiary/aromatic N) is 2. The molecular formula is C15H20N2O3S. The number of carbonyl (C=O) groups is 1. The molecule has 0 radical (unpaired) electrons. The van der Waals surface area contributed by atoms with Gasteiger partial charge in [0.2, 0.25) is 15.9 Å². The normalized spacial score (nSPS) is 21.5. The summed E-state index contributed by atoms with van der Waals surface area (Å²) in [5.74, 6) is 0.137. The molecule has 0 saturated carbocycles. The van der Waals surface area contributed by atoms with E-state index in [1.165, 1.54) is 0 Å². The highest BCUT2D eigenvalue weighted by Gasteiger charge is 2.51. The molecule has 0 aromatic heterocycles. The summed E-state index contributed by atoms with van der Waals surface area (Å²) in [6.45, 7) is 4.11. The molecular weight excluding hydrogens is 288 g/mol. The van der Waals surface area contributed by atoms with Gasteiger partial charge in [0.05, 0.1) is 5.75 Å². The molecule has 1 aromatic carbocycles. The summed E-state index contributed by atoms with van der Waals surface area (Å²) >= 11 is 0. The van der Waals surface area contributed by atoms with Crippen LogP contribution in [0, 0.1) is 5.41 Å². The topological polar surface area (TPSA) is 57.7 Å². The van der Waals surface area contributed by atoms with Crippen LogP contribution in [0.15, 0.2) is 30.3 Å². The largest absolute Gasteiger partial charge is 0.342 e. The average molecular weight is 308 g/mol. The van der Waals surface area contributed by atoms with Crippen LogP contribution in [0.4, 0.5) is 0 Å². The number of hydrogen-bond acceptors (Lipinski definition) is 3. The van der Waals surface area contributed by atoms with E-state index in [1.807, 2.05) is 35.2 Å². The minimum Gasteiger partial charge on any atom is -0.342 e. The Bertz CT molecular complexity index is 636. The standard InChI is InChI=1S/C15H20N2O3S/c1-13(18)16-8-7-15(10-16)11-17(12-15)21(19,20)9-14-5-3-2-4-6-14/h2-6H,7-12H2,1H3. The van der Waals surface area contributed by atoms with E-state index in [2.05, 4.69) is 0 Å². The van der Waals surface area contributed by atoms with Crippen molar-refractivity contribution in [2.45, 2.75) is 19.1 Å². The van der Waals surface area contributed by atoms with Gasteiger partial charge in [0, 0.05) is 38.5 Å². The maximum absolute atomic E-state index is 12.4. The second-order valence-corrected chi connectivity index (χ2v) is 8.17. The minimum absolute atomic E-state index is 0.00454. The Morgan fingerprint density at radius 2 is 1.86 bits per heavy atom. The monoisotopic (exact) mass is 308 g/mol. The molecule has 1 aromatic rings. The lowest BCUT2D eigenvalue weighted by atomic mass is 9.81. The van der Waals surface area contributed by atoms with Gasteiger partial charge in [-0.15, -0.1) is 0 Å². The molecule has 0 bridgehead atoms. The molecule has 0 N–H and O–H groups in total. The maximum Gasteiger partial charge on any atom is 0.219 e. The number of sulfonamides is 1. The van der Waals surface area contributed by atoms with E-state index in [1.54, 1.807) is 11.2 Å². The smallest absolute Gasteiger partial charge is 0.219 e. The molecule has 3 rings (SSSR count). The van der Waals surface area contributed by atoms with Gasteiger partial charge in [-0.2, -0.15) is 0 Å². The van der Waals surface area contributed by atoms with E-state index in [4.69, 9.17) is 0 Å². The summed E-state index contributed by atoms with van der Waals surface area (Å²) in [7, 11) is -3.25. The highest BCUT2D eigenvalue weighted by atomic mass is 32.2. The Balaban J connectivity index is 1.62. The van der Waals surface area contributed by atoms with Crippen LogP contribution in [-0.4, -0.2) is 49.7 Å². The minimum atomic E-state index is -3.25. The van der Waals surface area contributed by atoms with Crippen LogP contribution in [-0.2, 0) is 20.6 Å². The molecule has 2 aliphatic heterocycles. The Kier molecular flexibility index (Phi) is 3.53. The first-order valence-electron chi connectivity index (χ1n) is 7.18. The van der Waals surface area contributed by atoms with Crippen molar-refractivity contribution in [2.24, 2.45) is 5.41 Å². The molecule has 0 unspecified atom stereocenters. The molecule has 0 aliphatic carbocycles. The van der Waals surface area contributed by atoms with Crippen molar-refractivity contribution in [1.29, 1.82) is 0 Å². The van der Waals surface area contributed by atoms with Crippen LogP contribution in [0.2, 0.25) is 0 Å². The van der Waals surface area contributed by atoms with Crippen LogP contribution >= 0.6 is 0 Å². The predicted octanol–water partition coefficient (Wildman–Crippen LogP) is 1.07. The number of carbonyl (C=O) groups excluding carboxylic acids is 1. The lowest BCUT2D eigenvalue weighted by Crippen LogP contribution is -2.59. The zero-order valence-corrected chi connectivity index (χ0v) is 13.0. The van der Waals surface area contributed by atoms with Crippen molar-refractivity contribution in [3.05, 3.63) is 35.9 Å². The van der Waals surface area contributed by atoms with Crippen LogP contribution in [0.5, 0.6) is 0 Å². The highest BCUT2D eigenvalue weighted by Crippen LogP contribution is 2.41. The van der Waals surface area contributed by atoms with Gasteiger partial charge in [-0.1, -0.05) is 30.3 Å². The van der Waals surface area contributed by atoms with Crippen LogP contribution in [0.25, 0.3) is 0 Å². The SMILES string of the molecule is CC(=O)N1CCC2(C1)CN(S(=O)(=O)Cc1ccccc1)C2. The molecule has 2 fully saturated rings. The van der Waals surface area contributed by atoms with Gasteiger partial charge in [0.1, 0.15) is 0 Å². The summed E-state index contributed by atoms with van der Waals surface area (Å²) in [4.78, 5) is 13.2. The second kappa shape index (κ2) is 5.10. The quantitative estimate of drug-likeness (QED) is 0.839. The predicted molar refractivity (Wildman–Crippen MR) is 79.9 cm³/mol. The molecule has 1 amide bonds. The molecule has 5 nitrogen and oxygen atoms in total. The van der Waals surface area contributed by atoms with E-state index in [9.17, 15) is 13.2 Å². The molecule has 1 spiro atoms. The van der Waals surface area contributed by atoms with Crippen LogP contribution in [0.1, 0.15) is 18.9 Å². The van der Waals surface area contributed by atoms with Gasteiger partial charge in [0.15, 0.2) is 0 Å². The fourth-order valence-corrected chi connectivity index (χ4v) is 4.97. The average Bonchev–Trinajstić information content (AvgIpc) is 2.83. The Hall–Kier alpha value is -1.40. The molecule has 21 heavy (non-hydrogen) atoms. The molecule has 6 heteroatoms. The van der Waals surface area contributed by atoms with Gasteiger partial charge in [0.25, 0.3) is 0 Å². The van der Waals surface area contributed by atoms with Gasteiger partial charge in [-0.05, 0) is 12.0 Å².